The monoisotopic (exact) mass is 466 g/mol. The largest absolute Gasteiger partial charge is 0.376 e. The van der Waals surface area contributed by atoms with Crippen molar-refractivity contribution in [1.29, 1.82) is 0 Å². The number of hydrogen-bond acceptors (Lipinski definition) is 6. The number of nitrogens with one attached hydrogen (secondary N) is 2. The predicted molar refractivity (Wildman–Crippen MR) is 142 cm³/mol. The number of allylic oxidation sites excluding steroid dienone is 3. The van der Waals surface area contributed by atoms with Crippen LogP contribution in [0, 0.1) is 11.8 Å². The van der Waals surface area contributed by atoms with E-state index >= 15 is 0 Å². The quantitative estimate of drug-likeness (QED) is 0.383. The summed E-state index contributed by atoms with van der Waals surface area (Å²) in [4.78, 5) is 32.4. The first-order chi connectivity index (χ1) is 17.1. The first kappa shape index (κ1) is 22.0. The molecule has 0 radical (unpaired) electrons. The van der Waals surface area contributed by atoms with Gasteiger partial charge in [-0.3, -0.25) is 19.5 Å². The van der Waals surface area contributed by atoms with Gasteiger partial charge in [-0.15, -0.1) is 6.58 Å². The maximum Gasteiger partial charge on any atom is 0.253 e. The average Bonchev–Trinajstić information content (AvgIpc) is 3.43. The molecular formula is C29H30N4O2. The average molecular weight is 467 g/mol. The lowest BCUT2D eigenvalue weighted by Crippen LogP contribution is -2.56. The fraction of sp³-hybridized carbons (Fsp3) is 0.345. The Morgan fingerprint density at radius 2 is 2.03 bits per heavy atom. The first-order valence-electron chi connectivity index (χ1n) is 12.5. The van der Waals surface area contributed by atoms with Gasteiger partial charge in [-0.2, -0.15) is 0 Å². The Balaban J connectivity index is 1.37. The van der Waals surface area contributed by atoms with E-state index in [2.05, 4.69) is 57.5 Å². The van der Waals surface area contributed by atoms with Gasteiger partial charge in [0.25, 0.3) is 10.9 Å². The third-order valence-corrected chi connectivity index (χ3v) is 8.11. The van der Waals surface area contributed by atoms with Crippen molar-refractivity contribution < 1.29 is 0 Å². The van der Waals surface area contributed by atoms with Crippen molar-refractivity contribution in [3.05, 3.63) is 99.0 Å². The van der Waals surface area contributed by atoms with Gasteiger partial charge in [0, 0.05) is 30.7 Å². The van der Waals surface area contributed by atoms with E-state index in [1.54, 1.807) is 0 Å². The smallest absolute Gasteiger partial charge is 0.253 e. The van der Waals surface area contributed by atoms with E-state index in [4.69, 9.17) is 0 Å². The van der Waals surface area contributed by atoms with Crippen LogP contribution < -0.4 is 21.5 Å². The minimum atomic E-state index is -0.436. The third-order valence-electron chi connectivity index (χ3n) is 8.11. The molecular weight excluding hydrogens is 436 g/mol. The summed E-state index contributed by atoms with van der Waals surface area (Å²) in [6, 6.07) is 10.3. The first-order valence-corrected chi connectivity index (χ1v) is 12.5. The van der Waals surface area contributed by atoms with Crippen LogP contribution >= 0.6 is 0 Å². The number of fused-ring (bicyclic) bond motifs is 4. The van der Waals surface area contributed by atoms with Crippen molar-refractivity contribution in [3.8, 4) is 0 Å². The van der Waals surface area contributed by atoms with Crippen LogP contribution in [-0.4, -0.2) is 35.6 Å². The van der Waals surface area contributed by atoms with Crippen LogP contribution in [0.15, 0.2) is 82.6 Å². The molecule has 3 aliphatic heterocycles. The van der Waals surface area contributed by atoms with Crippen molar-refractivity contribution in [3.63, 3.8) is 0 Å². The molecule has 35 heavy (non-hydrogen) atoms. The molecule has 6 heteroatoms. The van der Waals surface area contributed by atoms with Gasteiger partial charge in [-0.25, -0.2) is 0 Å². The van der Waals surface area contributed by atoms with Gasteiger partial charge in [0.1, 0.15) is 11.4 Å². The molecule has 4 heterocycles. The molecule has 2 aromatic carbocycles. The number of rotatable bonds is 8. The van der Waals surface area contributed by atoms with Gasteiger partial charge in [0.15, 0.2) is 0 Å². The normalized spacial score (nSPS) is 26.1. The standard InChI is InChI=1S/C29H30N4O2/c1-2-19-17-33-14-12-20(19)15-24(33)25(22-11-13-30-23-10-6-5-9-21(22)23)32-27-26(28(34)29(27)35)31-16-18-7-3-4-8-18/h2-7,9-11,13,19-20,24-25,31-32H,1,8,12,14-17H2/t19?,20?,24?,25-/m0/s1. The number of anilines is 2. The summed E-state index contributed by atoms with van der Waals surface area (Å²) < 4.78 is 0. The highest BCUT2D eigenvalue weighted by atomic mass is 16.2. The summed E-state index contributed by atoms with van der Waals surface area (Å²) in [5.74, 6) is 1.10. The van der Waals surface area contributed by atoms with Crippen molar-refractivity contribution in [1.82, 2.24) is 9.88 Å². The molecule has 4 unspecified atom stereocenters. The Hall–Kier alpha value is -3.51. The summed E-state index contributed by atoms with van der Waals surface area (Å²) in [7, 11) is 0. The fourth-order valence-corrected chi connectivity index (χ4v) is 6.17. The molecule has 5 atom stereocenters. The van der Waals surface area contributed by atoms with Gasteiger partial charge in [-0.1, -0.05) is 42.5 Å². The van der Waals surface area contributed by atoms with Crippen molar-refractivity contribution in [2.75, 3.05) is 30.3 Å². The molecule has 2 bridgehead atoms. The maximum atomic E-state index is 12.8. The van der Waals surface area contributed by atoms with Crippen LogP contribution in [0.3, 0.4) is 0 Å². The Labute approximate surface area is 204 Å². The maximum absolute atomic E-state index is 12.8. The topological polar surface area (TPSA) is 74.3 Å². The zero-order valence-corrected chi connectivity index (χ0v) is 19.7. The summed E-state index contributed by atoms with van der Waals surface area (Å²) in [6.07, 6.45) is 13.2. The number of nitrogens with zero attached hydrogens (tertiary/aromatic N) is 2. The van der Waals surface area contributed by atoms with Crippen LogP contribution in [0.2, 0.25) is 0 Å². The lowest BCUT2D eigenvalue weighted by atomic mass is 9.73. The second kappa shape index (κ2) is 8.93. The molecule has 7 rings (SSSR count). The van der Waals surface area contributed by atoms with Gasteiger partial charge >= 0.3 is 0 Å². The van der Waals surface area contributed by atoms with Crippen LogP contribution in [-0.2, 0) is 0 Å². The lowest BCUT2D eigenvalue weighted by Gasteiger charge is -2.52. The highest BCUT2D eigenvalue weighted by Crippen LogP contribution is 2.43. The second-order valence-electron chi connectivity index (χ2n) is 10.0. The SMILES string of the molecule is C=CC1CN2CCC1CC2[C@@H](Nc1c(NCC2=CC=CC2)c(=O)c1=O)c1ccnc2ccccc12. The minimum absolute atomic E-state index is 0.132. The van der Waals surface area contributed by atoms with Crippen molar-refractivity contribution in [2.45, 2.75) is 31.3 Å². The molecule has 3 saturated heterocycles. The number of aromatic nitrogens is 1. The zero-order chi connectivity index (χ0) is 23.9. The van der Waals surface area contributed by atoms with E-state index < -0.39 is 10.9 Å². The molecule has 4 aliphatic rings. The Kier molecular flexibility index (Phi) is 5.61. The van der Waals surface area contributed by atoms with E-state index in [9.17, 15) is 9.59 Å². The molecule has 0 spiro atoms. The van der Waals surface area contributed by atoms with Gasteiger partial charge in [-0.05, 0) is 60.9 Å². The number of benzene rings is 1. The third kappa shape index (κ3) is 3.82. The summed E-state index contributed by atoms with van der Waals surface area (Å²) in [5.41, 5.74) is 3.20. The molecule has 3 fully saturated rings. The number of pyridine rings is 1. The lowest BCUT2D eigenvalue weighted by molar-refractivity contribution is 0.0105. The van der Waals surface area contributed by atoms with Crippen LogP contribution in [0.5, 0.6) is 0 Å². The van der Waals surface area contributed by atoms with Crippen LogP contribution in [0.4, 0.5) is 11.4 Å². The Bertz CT molecular complexity index is 1410. The van der Waals surface area contributed by atoms with Gasteiger partial charge in [0.2, 0.25) is 0 Å². The number of para-hydroxylation sites is 1. The number of hydrogen-bond donors (Lipinski definition) is 2. The van der Waals surface area contributed by atoms with Crippen LogP contribution in [0.25, 0.3) is 10.9 Å². The fourth-order valence-electron chi connectivity index (χ4n) is 6.17. The Morgan fingerprint density at radius 1 is 1.17 bits per heavy atom. The van der Waals surface area contributed by atoms with E-state index in [-0.39, 0.29) is 12.1 Å². The van der Waals surface area contributed by atoms with E-state index in [1.807, 2.05) is 30.5 Å². The molecule has 3 aromatic rings. The van der Waals surface area contributed by atoms with Crippen molar-refractivity contribution in [2.24, 2.45) is 11.8 Å². The number of piperidine rings is 3. The van der Waals surface area contributed by atoms with E-state index in [0.717, 1.165) is 42.4 Å². The van der Waals surface area contributed by atoms with Gasteiger partial charge in [0.05, 0.1) is 11.6 Å². The molecule has 0 saturated carbocycles. The highest BCUT2D eigenvalue weighted by Gasteiger charge is 2.43. The second-order valence-corrected chi connectivity index (χ2v) is 10.0. The minimum Gasteiger partial charge on any atom is -0.376 e. The molecule has 1 aliphatic carbocycles. The summed E-state index contributed by atoms with van der Waals surface area (Å²) in [5, 5.41) is 7.88. The van der Waals surface area contributed by atoms with Crippen molar-refractivity contribution >= 4 is 22.3 Å². The van der Waals surface area contributed by atoms with Gasteiger partial charge < -0.3 is 10.6 Å². The molecule has 178 valence electrons. The zero-order valence-electron chi connectivity index (χ0n) is 19.7. The molecule has 0 amide bonds. The van der Waals surface area contributed by atoms with E-state index in [0.29, 0.717) is 29.8 Å². The summed E-state index contributed by atoms with van der Waals surface area (Å²) in [6.45, 7) is 6.66. The summed E-state index contributed by atoms with van der Waals surface area (Å²) >= 11 is 0. The molecule has 1 aromatic heterocycles. The van der Waals surface area contributed by atoms with Crippen LogP contribution in [0.1, 0.15) is 30.9 Å². The Morgan fingerprint density at radius 3 is 2.80 bits per heavy atom. The highest BCUT2D eigenvalue weighted by molar-refractivity contribution is 5.83. The molecule has 2 N–H and O–H groups in total. The predicted octanol–water partition coefficient (Wildman–Crippen LogP) is 4.18. The van der Waals surface area contributed by atoms with E-state index in [1.165, 1.54) is 12.0 Å². The molecule has 6 nitrogen and oxygen atoms in total.